The third kappa shape index (κ3) is 4.47. The Bertz CT molecular complexity index is 1120. The Kier molecular flexibility index (Phi) is 6.08. The number of amides is 1. The highest BCUT2D eigenvalue weighted by molar-refractivity contribution is 5.96. The summed E-state index contributed by atoms with van der Waals surface area (Å²) in [5.74, 6) is 0.366. The van der Waals surface area contributed by atoms with Crippen LogP contribution in [0.5, 0.6) is 0 Å². The molecule has 2 aliphatic heterocycles. The van der Waals surface area contributed by atoms with Crippen LogP contribution in [0, 0.1) is 0 Å². The number of carbonyl (C=O) groups is 1. The summed E-state index contributed by atoms with van der Waals surface area (Å²) < 4.78 is 5.56. The second kappa shape index (κ2) is 9.46. The SMILES string of the molecule is CONC1=CN(C(=O)c2ccc(-c3ccccc3)cc2)C(c2noc(N3CCCCC3)n2)C1. The number of anilines is 1. The van der Waals surface area contributed by atoms with E-state index >= 15 is 0 Å². The first-order valence-electron chi connectivity index (χ1n) is 11.3. The van der Waals surface area contributed by atoms with Gasteiger partial charge in [-0.3, -0.25) is 15.1 Å². The largest absolute Gasteiger partial charge is 0.324 e. The standard InChI is InChI=1S/C25H27N5O3/c1-32-27-21-16-22(23-26-25(33-28-23)29-14-6-3-7-15-29)30(17-21)24(31)20-12-10-19(11-13-20)18-8-4-2-5-9-18/h2,4-5,8-13,17,22,27H,3,6-7,14-16H2,1H3. The van der Waals surface area contributed by atoms with Crippen molar-refractivity contribution in [2.24, 2.45) is 0 Å². The molecule has 1 atom stereocenters. The van der Waals surface area contributed by atoms with Gasteiger partial charge in [-0.25, -0.2) is 0 Å². The Morgan fingerprint density at radius 3 is 2.48 bits per heavy atom. The molecule has 3 aromatic rings. The van der Waals surface area contributed by atoms with E-state index in [1.165, 1.54) is 6.42 Å². The molecule has 33 heavy (non-hydrogen) atoms. The lowest BCUT2D eigenvalue weighted by Gasteiger charge is -2.24. The highest BCUT2D eigenvalue weighted by Gasteiger charge is 2.35. The molecular formula is C25H27N5O3. The summed E-state index contributed by atoms with van der Waals surface area (Å²) in [5.41, 5.74) is 6.39. The fourth-order valence-electron chi connectivity index (χ4n) is 4.39. The minimum atomic E-state index is -0.369. The van der Waals surface area contributed by atoms with Crippen LogP contribution in [0.3, 0.4) is 0 Å². The van der Waals surface area contributed by atoms with Crippen LogP contribution in [0.2, 0.25) is 0 Å². The molecule has 3 heterocycles. The van der Waals surface area contributed by atoms with Gasteiger partial charge in [0.15, 0.2) is 5.82 Å². The maximum atomic E-state index is 13.5. The second-order valence-corrected chi connectivity index (χ2v) is 8.32. The smallest absolute Gasteiger partial charge is 0.324 e. The summed E-state index contributed by atoms with van der Waals surface area (Å²) in [5, 5.41) is 4.22. The summed E-state index contributed by atoms with van der Waals surface area (Å²) >= 11 is 0. The predicted molar refractivity (Wildman–Crippen MR) is 124 cm³/mol. The van der Waals surface area contributed by atoms with E-state index in [-0.39, 0.29) is 11.9 Å². The molecule has 5 rings (SSSR count). The number of nitrogens with one attached hydrogen (secondary N) is 1. The Morgan fingerprint density at radius 2 is 1.76 bits per heavy atom. The molecule has 0 aliphatic carbocycles. The molecule has 8 heteroatoms. The number of nitrogens with zero attached hydrogens (tertiary/aromatic N) is 4. The van der Waals surface area contributed by atoms with Gasteiger partial charge in [-0.05, 0) is 42.5 Å². The lowest BCUT2D eigenvalue weighted by atomic mass is 10.0. The minimum absolute atomic E-state index is 0.128. The molecule has 1 amide bonds. The van der Waals surface area contributed by atoms with Crippen molar-refractivity contribution in [1.82, 2.24) is 20.5 Å². The van der Waals surface area contributed by atoms with Gasteiger partial charge in [0.2, 0.25) is 0 Å². The van der Waals surface area contributed by atoms with Crippen molar-refractivity contribution in [3.05, 3.63) is 77.9 Å². The van der Waals surface area contributed by atoms with Crippen molar-refractivity contribution in [3.63, 3.8) is 0 Å². The molecular weight excluding hydrogens is 418 g/mol. The first kappa shape index (κ1) is 21.2. The van der Waals surface area contributed by atoms with Gasteiger partial charge in [-0.1, -0.05) is 47.6 Å². The molecule has 170 valence electrons. The van der Waals surface area contributed by atoms with Crippen LogP contribution in [-0.4, -0.2) is 41.1 Å². The molecule has 1 aromatic heterocycles. The fraction of sp³-hybridized carbons (Fsp3) is 0.320. The molecule has 1 saturated heterocycles. The number of hydrogen-bond acceptors (Lipinski definition) is 7. The number of piperidine rings is 1. The van der Waals surface area contributed by atoms with Crippen LogP contribution in [0.1, 0.15) is 47.9 Å². The van der Waals surface area contributed by atoms with E-state index in [0.29, 0.717) is 23.8 Å². The lowest BCUT2D eigenvalue weighted by Crippen LogP contribution is -2.30. The third-order valence-corrected chi connectivity index (χ3v) is 6.11. The first-order valence-corrected chi connectivity index (χ1v) is 11.3. The Morgan fingerprint density at radius 1 is 1.03 bits per heavy atom. The van der Waals surface area contributed by atoms with E-state index in [4.69, 9.17) is 9.36 Å². The van der Waals surface area contributed by atoms with Gasteiger partial charge in [0.05, 0.1) is 12.8 Å². The van der Waals surface area contributed by atoms with Gasteiger partial charge in [-0.2, -0.15) is 4.98 Å². The van der Waals surface area contributed by atoms with Gasteiger partial charge < -0.3 is 14.3 Å². The van der Waals surface area contributed by atoms with Crippen molar-refractivity contribution in [2.75, 3.05) is 25.1 Å². The maximum absolute atomic E-state index is 13.5. The average molecular weight is 446 g/mol. The van der Waals surface area contributed by atoms with E-state index in [1.54, 1.807) is 18.2 Å². The molecule has 2 aliphatic rings. The normalized spacial score (nSPS) is 18.3. The number of hydroxylamine groups is 1. The van der Waals surface area contributed by atoms with E-state index in [9.17, 15) is 4.79 Å². The molecule has 2 aromatic carbocycles. The molecule has 0 bridgehead atoms. The molecule has 0 radical (unpaired) electrons. The highest BCUT2D eigenvalue weighted by Crippen LogP contribution is 2.34. The quantitative estimate of drug-likeness (QED) is 0.566. The van der Waals surface area contributed by atoms with Crippen LogP contribution in [0.4, 0.5) is 6.01 Å². The third-order valence-electron chi connectivity index (χ3n) is 6.11. The summed E-state index contributed by atoms with van der Waals surface area (Å²) in [7, 11) is 1.55. The molecule has 0 spiro atoms. The topological polar surface area (TPSA) is 83.7 Å². The van der Waals surface area contributed by atoms with Gasteiger partial charge in [0.25, 0.3) is 5.91 Å². The first-order chi connectivity index (χ1) is 16.2. The van der Waals surface area contributed by atoms with Crippen LogP contribution in [-0.2, 0) is 4.84 Å². The van der Waals surface area contributed by atoms with Crippen LogP contribution in [0.15, 0.2) is 71.0 Å². The minimum Gasteiger partial charge on any atom is -0.324 e. The van der Waals surface area contributed by atoms with Gasteiger partial charge in [0, 0.05) is 31.3 Å². The summed E-state index contributed by atoms with van der Waals surface area (Å²) in [4.78, 5) is 26.9. The number of carbonyl (C=O) groups excluding carboxylic acids is 1. The van der Waals surface area contributed by atoms with Crippen molar-refractivity contribution in [1.29, 1.82) is 0 Å². The van der Waals surface area contributed by atoms with E-state index in [0.717, 1.165) is 42.8 Å². The van der Waals surface area contributed by atoms with Crippen molar-refractivity contribution >= 4 is 11.9 Å². The van der Waals surface area contributed by atoms with E-state index in [2.05, 4.69) is 32.7 Å². The fourth-order valence-corrected chi connectivity index (χ4v) is 4.39. The zero-order valence-corrected chi connectivity index (χ0v) is 18.6. The second-order valence-electron chi connectivity index (χ2n) is 8.32. The van der Waals surface area contributed by atoms with Gasteiger partial charge >= 0.3 is 6.01 Å². The summed E-state index contributed by atoms with van der Waals surface area (Å²) in [6.45, 7) is 1.83. The van der Waals surface area contributed by atoms with Crippen molar-refractivity contribution in [3.8, 4) is 11.1 Å². The molecule has 0 saturated carbocycles. The zero-order valence-electron chi connectivity index (χ0n) is 18.6. The monoisotopic (exact) mass is 445 g/mol. The number of hydrogen-bond donors (Lipinski definition) is 1. The maximum Gasteiger partial charge on any atom is 0.324 e. The average Bonchev–Trinajstić information content (AvgIpc) is 3.53. The molecule has 8 nitrogen and oxygen atoms in total. The van der Waals surface area contributed by atoms with E-state index < -0.39 is 0 Å². The summed E-state index contributed by atoms with van der Waals surface area (Å²) in [6.07, 6.45) is 5.74. The van der Waals surface area contributed by atoms with Crippen molar-refractivity contribution < 1.29 is 14.2 Å². The predicted octanol–water partition coefficient (Wildman–Crippen LogP) is 4.31. The molecule has 1 unspecified atom stereocenters. The lowest BCUT2D eigenvalue weighted by molar-refractivity contribution is 0.0777. The number of rotatable bonds is 6. The number of aromatic nitrogens is 2. The molecule has 1 fully saturated rings. The van der Waals surface area contributed by atoms with Gasteiger partial charge in [0.1, 0.15) is 6.04 Å². The Labute approximate surface area is 192 Å². The number of benzene rings is 2. The molecule has 1 N–H and O–H groups in total. The highest BCUT2D eigenvalue weighted by atomic mass is 16.6. The van der Waals surface area contributed by atoms with Crippen molar-refractivity contribution in [2.45, 2.75) is 31.7 Å². The summed E-state index contributed by atoms with van der Waals surface area (Å²) in [6, 6.07) is 17.9. The van der Waals surface area contributed by atoms with Crippen LogP contribution < -0.4 is 10.4 Å². The Hall–Kier alpha value is -3.65. The van der Waals surface area contributed by atoms with Crippen LogP contribution in [0.25, 0.3) is 11.1 Å². The zero-order chi connectivity index (χ0) is 22.6. The van der Waals surface area contributed by atoms with Crippen LogP contribution >= 0.6 is 0 Å². The van der Waals surface area contributed by atoms with Gasteiger partial charge in [-0.15, -0.1) is 0 Å². The Balaban J connectivity index is 1.38. The van der Waals surface area contributed by atoms with E-state index in [1.807, 2.05) is 42.5 Å².